The monoisotopic (exact) mass is 385 g/mol. The summed E-state index contributed by atoms with van der Waals surface area (Å²) in [7, 11) is 0. The summed E-state index contributed by atoms with van der Waals surface area (Å²) in [6.07, 6.45) is 4.40. The number of likely N-dealkylation sites (tertiary alicyclic amines) is 2. The quantitative estimate of drug-likeness (QED) is 0.582. The molecular weight excluding hydrogens is 350 g/mol. The average molecular weight is 386 g/mol. The largest absolute Gasteiger partial charge is 0.357 e. The molecule has 0 aromatic heterocycles. The second-order valence-electron chi connectivity index (χ2n) is 7.95. The summed E-state index contributed by atoms with van der Waals surface area (Å²) >= 11 is 0. The van der Waals surface area contributed by atoms with E-state index in [0.29, 0.717) is 12.1 Å². The predicted molar refractivity (Wildman–Crippen MR) is 114 cm³/mol. The van der Waals surface area contributed by atoms with Crippen LogP contribution in [0.1, 0.15) is 45.1 Å². The number of aliphatic imine (C=N–C) groups is 1. The van der Waals surface area contributed by atoms with Crippen molar-refractivity contribution in [2.45, 2.75) is 58.2 Å². The van der Waals surface area contributed by atoms with Crippen LogP contribution in [0.4, 0.5) is 0 Å². The molecule has 6 nitrogen and oxygen atoms in total. The SMILES string of the molecule is CCNC(=NCC(=O)N1CCCC1)NC1CCN(Cc2ccccc2)C(C)C1. The first-order valence-corrected chi connectivity index (χ1v) is 10.8. The molecule has 2 atom stereocenters. The van der Waals surface area contributed by atoms with Gasteiger partial charge in [0.15, 0.2) is 5.96 Å². The van der Waals surface area contributed by atoms with E-state index in [-0.39, 0.29) is 12.5 Å². The van der Waals surface area contributed by atoms with Crippen molar-refractivity contribution in [1.29, 1.82) is 0 Å². The average Bonchev–Trinajstić information content (AvgIpc) is 3.24. The Morgan fingerprint density at radius 1 is 1.18 bits per heavy atom. The Morgan fingerprint density at radius 3 is 2.61 bits per heavy atom. The Bertz CT molecular complexity index is 642. The van der Waals surface area contributed by atoms with Crippen molar-refractivity contribution in [2.24, 2.45) is 4.99 Å². The fraction of sp³-hybridized carbons (Fsp3) is 0.636. The highest BCUT2D eigenvalue weighted by molar-refractivity contribution is 5.85. The van der Waals surface area contributed by atoms with Crippen molar-refractivity contribution in [3.63, 3.8) is 0 Å². The molecule has 2 fully saturated rings. The molecule has 1 aromatic rings. The fourth-order valence-electron chi connectivity index (χ4n) is 4.13. The van der Waals surface area contributed by atoms with Crippen LogP contribution in [0.5, 0.6) is 0 Å². The molecule has 2 aliphatic rings. The van der Waals surface area contributed by atoms with E-state index in [0.717, 1.165) is 64.4 Å². The standard InChI is InChI=1S/C22H35N5O/c1-3-23-22(24-16-21(28)26-12-7-8-13-26)25-20-11-14-27(18(2)15-20)17-19-9-5-4-6-10-19/h4-6,9-10,18,20H,3,7-8,11-17H2,1-2H3,(H2,23,24,25). The number of amides is 1. The van der Waals surface area contributed by atoms with E-state index in [2.05, 4.69) is 64.7 Å². The highest BCUT2D eigenvalue weighted by Gasteiger charge is 2.26. The summed E-state index contributed by atoms with van der Waals surface area (Å²) < 4.78 is 0. The van der Waals surface area contributed by atoms with Gasteiger partial charge >= 0.3 is 0 Å². The van der Waals surface area contributed by atoms with Gasteiger partial charge in [0, 0.05) is 44.8 Å². The topological polar surface area (TPSA) is 60.0 Å². The summed E-state index contributed by atoms with van der Waals surface area (Å²) in [5, 5.41) is 6.86. The molecule has 1 amide bonds. The molecule has 0 radical (unpaired) electrons. The third kappa shape index (κ3) is 5.96. The normalized spacial score (nSPS) is 23.6. The number of benzene rings is 1. The maximum atomic E-state index is 12.3. The summed E-state index contributed by atoms with van der Waals surface area (Å²) in [4.78, 5) is 21.3. The van der Waals surface area contributed by atoms with Crippen LogP contribution >= 0.6 is 0 Å². The lowest BCUT2D eigenvalue weighted by Gasteiger charge is -2.38. The number of hydrogen-bond donors (Lipinski definition) is 2. The molecule has 2 aliphatic heterocycles. The number of carbonyl (C=O) groups is 1. The first kappa shape index (κ1) is 20.6. The van der Waals surface area contributed by atoms with Crippen LogP contribution in [0, 0.1) is 0 Å². The second kappa shape index (κ2) is 10.5. The maximum Gasteiger partial charge on any atom is 0.244 e. The van der Waals surface area contributed by atoms with Gasteiger partial charge in [0.2, 0.25) is 5.91 Å². The van der Waals surface area contributed by atoms with E-state index in [4.69, 9.17) is 0 Å². The van der Waals surface area contributed by atoms with Crippen molar-refractivity contribution < 1.29 is 4.79 Å². The molecule has 0 bridgehead atoms. The van der Waals surface area contributed by atoms with Crippen molar-refractivity contribution in [3.8, 4) is 0 Å². The summed E-state index contributed by atoms with van der Waals surface area (Å²) in [5.74, 6) is 0.907. The lowest BCUT2D eigenvalue weighted by molar-refractivity contribution is -0.128. The Balaban J connectivity index is 1.49. The van der Waals surface area contributed by atoms with Gasteiger partial charge < -0.3 is 15.5 Å². The van der Waals surface area contributed by atoms with E-state index in [1.54, 1.807) is 0 Å². The number of rotatable bonds is 6. The van der Waals surface area contributed by atoms with E-state index in [9.17, 15) is 4.79 Å². The number of nitrogens with zero attached hydrogens (tertiary/aromatic N) is 3. The van der Waals surface area contributed by atoms with Gasteiger partial charge in [-0.1, -0.05) is 30.3 Å². The molecule has 0 aliphatic carbocycles. The third-order valence-corrected chi connectivity index (χ3v) is 5.76. The van der Waals surface area contributed by atoms with Crippen LogP contribution in [0.25, 0.3) is 0 Å². The zero-order chi connectivity index (χ0) is 19.8. The number of piperidine rings is 1. The second-order valence-corrected chi connectivity index (χ2v) is 7.95. The Labute approximate surface area is 169 Å². The Morgan fingerprint density at radius 2 is 1.93 bits per heavy atom. The van der Waals surface area contributed by atoms with Gasteiger partial charge in [-0.2, -0.15) is 0 Å². The minimum absolute atomic E-state index is 0.140. The highest BCUT2D eigenvalue weighted by Crippen LogP contribution is 2.20. The summed E-state index contributed by atoms with van der Waals surface area (Å²) in [6, 6.07) is 11.6. The Hall–Kier alpha value is -2.08. The van der Waals surface area contributed by atoms with Crippen LogP contribution in [-0.4, -0.2) is 66.5 Å². The zero-order valence-corrected chi connectivity index (χ0v) is 17.4. The van der Waals surface area contributed by atoms with E-state index in [1.807, 2.05) is 4.90 Å². The van der Waals surface area contributed by atoms with Gasteiger partial charge in [0.25, 0.3) is 0 Å². The highest BCUT2D eigenvalue weighted by atomic mass is 16.2. The van der Waals surface area contributed by atoms with Gasteiger partial charge in [-0.25, -0.2) is 4.99 Å². The van der Waals surface area contributed by atoms with Crippen molar-refractivity contribution in [3.05, 3.63) is 35.9 Å². The minimum atomic E-state index is 0.140. The number of guanidine groups is 1. The van der Waals surface area contributed by atoms with Gasteiger partial charge in [-0.15, -0.1) is 0 Å². The van der Waals surface area contributed by atoms with Crippen molar-refractivity contribution in [2.75, 3.05) is 32.7 Å². The lowest BCUT2D eigenvalue weighted by Crippen LogP contribution is -2.51. The number of carbonyl (C=O) groups excluding carboxylic acids is 1. The van der Waals surface area contributed by atoms with Crippen molar-refractivity contribution >= 4 is 11.9 Å². The fourth-order valence-corrected chi connectivity index (χ4v) is 4.13. The molecule has 2 saturated heterocycles. The van der Waals surface area contributed by atoms with Gasteiger partial charge in [0.05, 0.1) is 0 Å². The van der Waals surface area contributed by atoms with E-state index >= 15 is 0 Å². The maximum absolute atomic E-state index is 12.3. The van der Waals surface area contributed by atoms with Crippen LogP contribution in [0.2, 0.25) is 0 Å². The first-order chi connectivity index (χ1) is 13.7. The molecule has 2 N–H and O–H groups in total. The molecule has 154 valence electrons. The molecule has 28 heavy (non-hydrogen) atoms. The zero-order valence-electron chi connectivity index (χ0n) is 17.4. The molecule has 6 heteroatoms. The minimum Gasteiger partial charge on any atom is -0.357 e. The van der Waals surface area contributed by atoms with Gasteiger partial charge in [-0.05, 0) is 45.1 Å². The molecular formula is C22H35N5O. The van der Waals surface area contributed by atoms with E-state index < -0.39 is 0 Å². The molecule has 2 unspecified atom stereocenters. The van der Waals surface area contributed by atoms with E-state index in [1.165, 1.54) is 5.56 Å². The molecule has 3 rings (SSSR count). The summed E-state index contributed by atoms with van der Waals surface area (Å²) in [6.45, 7) is 9.24. The molecule has 0 saturated carbocycles. The lowest BCUT2D eigenvalue weighted by atomic mass is 9.97. The smallest absolute Gasteiger partial charge is 0.244 e. The third-order valence-electron chi connectivity index (χ3n) is 5.76. The van der Waals surface area contributed by atoms with Crippen LogP contribution in [0.15, 0.2) is 35.3 Å². The van der Waals surface area contributed by atoms with Crippen LogP contribution < -0.4 is 10.6 Å². The van der Waals surface area contributed by atoms with Crippen LogP contribution in [0.3, 0.4) is 0 Å². The van der Waals surface area contributed by atoms with Crippen LogP contribution in [-0.2, 0) is 11.3 Å². The summed E-state index contributed by atoms with van der Waals surface area (Å²) in [5.41, 5.74) is 1.37. The van der Waals surface area contributed by atoms with Gasteiger partial charge in [-0.3, -0.25) is 9.69 Å². The van der Waals surface area contributed by atoms with Gasteiger partial charge in [0.1, 0.15) is 6.54 Å². The molecule has 2 heterocycles. The molecule has 1 aromatic carbocycles. The van der Waals surface area contributed by atoms with Crippen molar-refractivity contribution in [1.82, 2.24) is 20.4 Å². The Kier molecular flexibility index (Phi) is 7.71. The number of hydrogen-bond acceptors (Lipinski definition) is 3. The predicted octanol–water partition coefficient (Wildman–Crippen LogP) is 2.22. The molecule has 0 spiro atoms. The number of nitrogens with one attached hydrogen (secondary N) is 2. The first-order valence-electron chi connectivity index (χ1n) is 10.8.